The fourth-order valence-electron chi connectivity index (χ4n) is 3.48. The smallest absolute Gasteiger partial charge is 0.243 e. The van der Waals surface area contributed by atoms with E-state index in [2.05, 4.69) is 5.16 Å². The Kier molecular flexibility index (Phi) is 4.09. The van der Waals surface area contributed by atoms with Crippen molar-refractivity contribution >= 4 is 15.7 Å². The SMILES string of the molecule is Cc1ccc(S(=O)(=O)N2CC3=NOC[C@H]3C[C@@H]2c2ccccc2)cc1. The van der Waals surface area contributed by atoms with Crippen LogP contribution >= 0.6 is 0 Å². The summed E-state index contributed by atoms with van der Waals surface area (Å²) in [5.41, 5.74) is 2.86. The molecular formula is C19H20N2O3S. The predicted molar refractivity (Wildman–Crippen MR) is 95.7 cm³/mol. The second-order valence-corrected chi connectivity index (χ2v) is 8.49. The molecule has 1 saturated heterocycles. The van der Waals surface area contributed by atoms with Crippen LogP contribution in [-0.2, 0) is 14.9 Å². The summed E-state index contributed by atoms with van der Waals surface area (Å²) in [6.45, 7) is 2.76. The van der Waals surface area contributed by atoms with E-state index < -0.39 is 10.0 Å². The summed E-state index contributed by atoms with van der Waals surface area (Å²) in [5.74, 6) is 0.190. The highest BCUT2D eigenvalue weighted by Gasteiger charge is 2.42. The summed E-state index contributed by atoms with van der Waals surface area (Å²) < 4.78 is 28.2. The normalized spacial score (nSPS) is 23.6. The number of hydrogen-bond donors (Lipinski definition) is 0. The largest absolute Gasteiger partial charge is 0.395 e. The van der Waals surface area contributed by atoms with E-state index in [1.54, 1.807) is 16.4 Å². The van der Waals surface area contributed by atoms with Gasteiger partial charge in [-0.25, -0.2) is 8.42 Å². The fraction of sp³-hybridized carbons (Fsp3) is 0.316. The summed E-state index contributed by atoms with van der Waals surface area (Å²) in [6, 6.07) is 16.6. The fourth-order valence-corrected chi connectivity index (χ4v) is 5.07. The summed E-state index contributed by atoms with van der Waals surface area (Å²) in [5, 5.41) is 4.07. The molecule has 4 rings (SSSR count). The molecule has 2 atom stereocenters. The average Bonchev–Trinajstić information content (AvgIpc) is 3.09. The molecule has 0 aliphatic carbocycles. The van der Waals surface area contributed by atoms with Crippen LogP contribution in [0.1, 0.15) is 23.6 Å². The number of oxime groups is 1. The highest BCUT2D eigenvalue weighted by Crippen LogP contribution is 2.38. The molecule has 0 radical (unpaired) electrons. The molecule has 5 nitrogen and oxygen atoms in total. The van der Waals surface area contributed by atoms with Crippen molar-refractivity contribution in [3.8, 4) is 0 Å². The molecule has 6 heteroatoms. The van der Waals surface area contributed by atoms with Gasteiger partial charge in [-0.15, -0.1) is 0 Å². The average molecular weight is 356 g/mol. The lowest BCUT2D eigenvalue weighted by molar-refractivity contribution is 0.145. The van der Waals surface area contributed by atoms with Gasteiger partial charge in [0.15, 0.2) is 0 Å². The van der Waals surface area contributed by atoms with Crippen LogP contribution in [0.3, 0.4) is 0 Å². The molecule has 0 saturated carbocycles. The van der Waals surface area contributed by atoms with Crippen molar-refractivity contribution in [3.05, 3.63) is 65.7 Å². The number of sulfonamides is 1. The summed E-state index contributed by atoms with van der Waals surface area (Å²) in [4.78, 5) is 5.54. The molecule has 0 aromatic heterocycles. The van der Waals surface area contributed by atoms with Crippen LogP contribution in [0.4, 0.5) is 0 Å². The van der Waals surface area contributed by atoms with E-state index >= 15 is 0 Å². The van der Waals surface area contributed by atoms with E-state index in [-0.39, 0.29) is 18.5 Å². The number of nitrogens with zero attached hydrogens (tertiary/aromatic N) is 2. The molecule has 2 aromatic carbocycles. The minimum absolute atomic E-state index is 0.190. The van der Waals surface area contributed by atoms with Crippen LogP contribution < -0.4 is 0 Å². The number of piperidine rings is 1. The van der Waals surface area contributed by atoms with E-state index in [1.165, 1.54) is 0 Å². The van der Waals surface area contributed by atoms with Gasteiger partial charge in [0.25, 0.3) is 0 Å². The van der Waals surface area contributed by atoms with Gasteiger partial charge in [-0.05, 0) is 31.0 Å². The van der Waals surface area contributed by atoms with Crippen LogP contribution in [0.25, 0.3) is 0 Å². The Hall–Kier alpha value is -2.18. The zero-order valence-corrected chi connectivity index (χ0v) is 14.8. The minimum Gasteiger partial charge on any atom is -0.395 e. The first-order valence-corrected chi connectivity index (χ1v) is 9.82. The Morgan fingerprint density at radius 3 is 2.52 bits per heavy atom. The number of benzene rings is 2. The summed E-state index contributed by atoms with van der Waals surface area (Å²) >= 11 is 0. The van der Waals surface area contributed by atoms with Gasteiger partial charge in [0.2, 0.25) is 10.0 Å². The van der Waals surface area contributed by atoms with Gasteiger partial charge in [-0.1, -0.05) is 53.2 Å². The maximum absolute atomic E-state index is 13.3. The topological polar surface area (TPSA) is 59.0 Å². The second kappa shape index (κ2) is 6.28. The molecule has 2 aromatic rings. The summed E-state index contributed by atoms with van der Waals surface area (Å²) in [6.07, 6.45) is 0.688. The summed E-state index contributed by atoms with van der Waals surface area (Å²) in [7, 11) is -3.62. The van der Waals surface area contributed by atoms with E-state index in [0.29, 0.717) is 17.9 Å². The third-order valence-corrected chi connectivity index (χ3v) is 6.78. The first kappa shape index (κ1) is 16.3. The van der Waals surface area contributed by atoms with Crippen LogP contribution in [0.15, 0.2) is 64.6 Å². The monoisotopic (exact) mass is 356 g/mol. The molecule has 130 valence electrons. The zero-order valence-electron chi connectivity index (χ0n) is 14.0. The quantitative estimate of drug-likeness (QED) is 0.849. The highest BCUT2D eigenvalue weighted by molar-refractivity contribution is 7.89. The van der Waals surface area contributed by atoms with Crippen molar-refractivity contribution in [1.82, 2.24) is 4.31 Å². The van der Waals surface area contributed by atoms with Crippen molar-refractivity contribution in [2.75, 3.05) is 13.2 Å². The van der Waals surface area contributed by atoms with Crippen molar-refractivity contribution in [1.29, 1.82) is 0 Å². The number of fused-ring (bicyclic) bond motifs is 1. The van der Waals surface area contributed by atoms with Crippen molar-refractivity contribution in [3.63, 3.8) is 0 Å². The zero-order chi connectivity index (χ0) is 17.4. The van der Waals surface area contributed by atoms with Crippen LogP contribution in [0.2, 0.25) is 0 Å². The first-order chi connectivity index (χ1) is 12.1. The molecule has 25 heavy (non-hydrogen) atoms. The maximum atomic E-state index is 13.3. The second-order valence-electron chi connectivity index (χ2n) is 6.60. The Labute approximate surface area is 148 Å². The van der Waals surface area contributed by atoms with Gasteiger partial charge in [0.1, 0.15) is 6.61 Å². The van der Waals surface area contributed by atoms with Crippen LogP contribution in [-0.4, -0.2) is 31.6 Å². The third kappa shape index (κ3) is 2.96. The molecule has 0 amide bonds. The molecule has 1 fully saturated rings. The van der Waals surface area contributed by atoms with Gasteiger partial charge < -0.3 is 4.84 Å². The highest BCUT2D eigenvalue weighted by atomic mass is 32.2. The minimum atomic E-state index is -3.62. The van der Waals surface area contributed by atoms with Gasteiger partial charge in [0.05, 0.1) is 23.2 Å². The van der Waals surface area contributed by atoms with Crippen LogP contribution in [0.5, 0.6) is 0 Å². The molecule has 2 aliphatic rings. The number of rotatable bonds is 3. The Bertz CT molecular complexity index is 892. The maximum Gasteiger partial charge on any atom is 0.243 e. The lowest BCUT2D eigenvalue weighted by Crippen LogP contribution is -2.45. The van der Waals surface area contributed by atoms with E-state index in [1.807, 2.05) is 49.4 Å². The van der Waals surface area contributed by atoms with Crippen molar-refractivity contribution in [2.45, 2.75) is 24.3 Å². The predicted octanol–water partition coefficient (Wildman–Crippen LogP) is 3.13. The number of aryl methyl sites for hydroxylation is 1. The van der Waals surface area contributed by atoms with Crippen molar-refractivity contribution in [2.24, 2.45) is 11.1 Å². The van der Waals surface area contributed by atoms with Gasteiger partial charge in [-0.2, -0.15) is 4.31 Å². The Balaban J connectivity index is 1.76. The standard InChI is InChI=1S/C19H20N2O3S/c1-14-7-9-17(10-8-14)25(22,23)21-12-18-16(13-24-20-18)11-19(21)15-5-3-2-4-6-15/h2-10,16,19H,11-13H2,1H3/t16-,19-/m1/s1. The van der Waals surface area contributed by atoms with Gasteiger partial charge in [0, 0.05) is 5.92 Å². The van der Waals surface area contributed by atoms with E-state index in [0.717, 1.165) is 16.8 Å². The Morgan fingerprint density at radius 1 is 1.08 bits per heavy atom. The Morgan fingerprint density at radius 2 is 1.80 bits per heavy atom. The molecule has 0 unspecified atom stereocenters. The molecule has 2 aliphatic heterocycles. The molecule has 0 bridgehead atoms. The van der Waals surface area contributed by atoms with E-state index in [9.17, 15) is 8.42 Å². The number of hydrogen-bond acceptors (Lipinski definition) is 4. The lowest BCUT2D eigenvalue weighted by Gasteiger charge is -2.37. The third-order valence-electron chi connectivity index (χ3n) is 4.91. The van der Waals surface area contributed by atoms with Gasteiger partial charge >= 0.3 is 0 Å². The molecule has 0 spiro atoms. The molecule has 2 heterocycles. The van der Waals surface area contributed by atoms with E-state index in [4.69, 9.17) is 4.84 Å². The first-order valence-electron chi connectivity index (χ1n) is 8.38. The molecular weight excluding hydrogens is 336 g/mol. The molecule has 0 N–H and O–H groups in total. The van der Waals surface area contributed by atoms with Gasteiger partial charge in [-0.3, -0.25) is 0 Å². The van der Waals surface area contributed by atoms with Crippen LogP contribution in [0, 0.1) is 12.8 Å². The lowest BCUT2D eigenvalue weighted by atomic mass is 9.88. The van der Waals surface area contributed by atoms with Crippen molar-refractivity contribution < 1.29 is 13.3 Å².